The van der Waals surface area contributed by atoms with Crippen molar-refractivity contribution in [1.29, 1.82) is 0 Å². The van der Waals surface area contributed by atoms with Crippen LogP contribution in [0.4, 0.5) is 5.95 Å². The highest BCUT2D eigenvalue weighted by molar-refractivity contribution is 5.35. The van der Waals surface area contributed by atoms with E-state index in [1.54, 1.807) is 0 Å². The molecule has 2 aliphatic heterocycles. The zero-order valence-corrected chi connectivity index (χ0v) is 12.4. The molecular weight excluding hydrogens is 254 g/mol. The Morgan fingerprint density at radius 1 is 1.25 bits per heavy atom. The predicted octanol–water partition coefficient (Wildman–Crippen LogP) is 1.64. The van der Waals surface area contributed by atoms with Crippen molar-refractivity contribution in [3.05, 3.63) is 21.6 Å². The van der Waals surface area contributed by atoms with Crippen LogP contribution in [0.1, 0.15) is 36.9 Å². The number of aromatic nitrogens is 2. The van der Waals surface area contributed by atoms with Crippen molar-refractivity contribution < 1.29 is 4.74 Å². The number of hydrogen-bond acceptors (Lipinski definition) is 4. The first-order valence-electron chi connectivity index (χ1n) is 7.61. The number of aryl methyl sites for hydroxylation is 1. The molecule has 110 valence electrons. The molecule has 0 aromatic carbocycles. The van der Waals surface area contributed by atoms with Crippen molar-refractivity contribution in [2.24, 2.45) is 0 Å². The first-order chi connectivity index (χ1) is 9.66. The van der Waals surface area contributed by atoms with E-state index < -0.39 is 0 Å². The van der Waals surface area contributed by atoms with Gasteiger partial charge in [-0.15, -0.1) is 0 Å². The summed E-state index contributed by atoms with van der Waals surface area (Å²) in [5.41, 5.74) is 1.70. The summed E-state index contributed by atoms with van der Waals surface area (Å²) in [6.45, 7) is 7.24. The number of hydrogen-bond donors (Lipinski definition) is 0. The third-order valence-corrected chi connectivity index (χ3v) is 4.42. The fourth-order valence-electron chi connectivity index (χ4n) is 3.06. The average Bonchev–Trinajstić information content (AvgIpc) is 3.12. The SMILES string of the molecule is Cc1nc(N2CCCC2)n(CC2CCCO2)c(=O)c1C. The number of rotatable bonds is 3. The second-order valence-electron chi connectivity index (χ2n) is 5.87. The van der Waals surface area contributed by atoms with Crippen LogP contribution >= 0.6 is 0 Å². The summed E-state index contributed by atoms with van der Waals surface area (Å²) in [6.07, 6.45) is 4.67. The third kappa shape index (κ3) is 2.46. The van der Waals surface area contributed by atoms with Crippen LogP contribution in [0.2, 0.25) is 0 Å². The molecule has 0 spiro atoms. The van der Waals surface area contributed by atoms with Gasteiger partial charge in [0.1, 0.15) is 0 Å². The van der Waals surface area contributed by atoms with Gasteiger partial charge in [-0.3, -0.25) is 9.36 Å². The van der Waals surface area contributed by atoms with E-state index in [0.29, 0.717) is 6.54 Å². The van der Waals surface area contributed by atoms with Gasteiger partial charge in [-0.05, 0) is 39.5 Å². The molecule has 0 aliphatic carbocycles. The standard InChI is InChI=1S/C15H23N3O2/c1-11-12(2)16-15(17-7-3-4-8-17)18(14(11)19)10-13-6-5-9-20-13/h13H,3-10H2,1-2H3. The Bertz CT molecular complexity index is 541. The minimum atomic E-state index is 0.0925. The number of anilines is 1. The maximum atomic E-state index is 12.6. The van der Waals surface area contributed by atoms with Crippen molar-refractivity contribution in [1.82, 2.24) is 9.55 Å². The highest BCUT2D eigenvalue weighted by atomic mass is 16.5. The smallest absolute Gasteiger partial charge is 0.258 e. The molecule has 1 aromatic heterocycles. The van der Waals surface area contributed by atoms with E-state index in [4.69, 9.17) is 9.72 Å². The molecular formula is C15H23N3O2. The number of nitrogens with zero attached hydrogens (tertiary/aromatic N) is 3. The molecule has 0 N–H and O–H groups in total. The second kappa shape index (κ2) is 5.56. The molecule has 3 rings (SSSR count). The summed E-state index contributed by atoms with van der Waals surface area (Å²) >= 11 is 0. The lowest BCUT2D eigenvalue weighted by Crippen LogP contribution is -2.35. The minimum absolute atomic E-state index is 0.0925. The molecule has 3 heterocycles. The van der Waals surface area contributed by atoms with Crippen LogP contribution < -0.4 is 10.5 Å². The van der Waals surface area contributed by atoms with Gasteiger partial charge in [0.05, 0.1) is 12.6 Å². The molecule has 0 saturated carbocycles. The molecule has 20 heavy (non-hydrogen) atoms. The van der Waals surface area contributed by atoms with Gasteiger partial charge in [0, 0.05) is 31.0 Å². The summed E-state index contributed by atoms with van der Waals surface area (Å²) in [6, 6.07) is 0. The lowest BCUT2D eigenvalue weighted by molar-refractivity contribution is 0.0961. The molecule has 0 bridgehead atoms. The zero-order chi connectivity index (χ0) is 14.1. The Morgan fingerprint density at radius 2 is 2.00 bits per heavy atom. The van der Waals surface area contributed by atoms with E-state index in [-0.39, 0.29) is 11.7 Å². The van der Waals surface area contributed by atoms with E-state index in [1.807, 2.05) is 18.4 Å². The van der Waals surface area contributed by atoms with Crippen LogP contribution in [-0.4, -0.2) is 35.4 Å². The molecule has 0 radical (unpaired) electrons. The third-order valence-electron chi connectivity index (χ3n) is 4.42. The highest BCUT2D eigenvalue weighted by Crippen LogP contribution is 2.21. The molecule has 1 unspecified atom stereocenters. The van der Waals surface area contributed by atoms with Gasteiger partial charge >= 0.3 is 0 Å². The first-order valence-corrected chi connectivity index (χ1v) is 7.61. The molecule has 2 fully saturated rings. The van der Waals surface area contributed by atoms with E-state index in [1.165, 1.54) is 12.8 Å². The van der Waals surface area contributed by atoms with E-state index in [0.717, 1.165) is 49.7 Å². The van der Waals surface area contributed by atoms with Crippen molar-refractivity contribution in [3.8, 4) is 0 Å². The summed E-state index contributed by atoms with van der Waals surface area (Å²) in [4.78, 5) is 19.5. The van der Waals surface area contributed by atoms with Gasteiger partial charge in [-0.25, -0.2) is 4.98 Å². The van der Waals surface area contributed by atoms with Crippen molar-refractivity contribution in [3.63, 3.8) is 0 Å². The molecule has 2 saturated heterocycles. The topological polar surface area (TPSA) is 47.4 Å². The van der Waals surface area contributed by atoms with Crippen LogP contribution in [0.15, 0.2) is 4.79 Å². The second-order valence-corrected chi connectivity index (χ2v) is 5.87. The Labute approximate surface area is 119 Å². The summed E-state index contributed by atoms with van der Waals surface area (Å²) in [5.74, 6) is 0.839. The van der Waals surface area contributed by atoms with Crippen LogP contribution in [0.3, 0.4) is 0 Å². The van der Waals surface area contributed by atoms with Crippen LogP contribution in [0.25, 0.3) is 0 Å². The predicted molar refractivity (Wildman–Crippen MR) is 78.4 cm³/mol. The summed E-state index contributed by atoms with van der Waals surface area (Å²) in [5, 5.41) is 0. The Balaban J connectivity index is 1.99. The largest absolute Gasteiger partial charge is 0.376 e. The maximum Gasteiger partial charge on any atom is 0.258 e. The van der Waals surface area contributed by atoms with Gasteiger partial charge in [-0.2, -0.15) is 0 Å². The monoisotopic (exact) mass is 277 g/mol. The Morgan fingerprint density at radius 3 is 2.65 bits per heavy atom. The normalized spacial score (nSPS) is 22.7. The zero-order valence-electron chi connectivity index (χ0n) is 12.4. The summed E-state index contributed by atoms with van der Waals surface area (Å²) in [7, 11) is 0. The summed E-state index contributed by atoms with van der Waals surface area (Å²) < 4.78 is 7.53. The van der Waals surface area contributed by atoms with Gasteiger partial charge in [0.15, 0.2) is 0 Å². The lowest BCUT2D eigenvalue weighted by Gasteiger charge is -2.24. The molecule has 1 atom stereocenters. The molecule has 5 nitrogen and oxygen atoms in total. The quantitative estimate of drug-likeness (QED) is 0.842. The number of ether oxygens (including phenoxy) is 1. The van der Waals surface area contributed by atoms with Crippen molar-refractivity contribution >= 4 is 5.95 Å². The Hall–Kier alpha value is -1.36. The van der Waals surface area contributed by atoms with Gasteiger partial charge in [0.2, 0.25) is 5.95 Å². The maximum absolute atomic E-state index is 12.6. The first kappa shape index (κ1) is 13.6. The minimum Gasteiger partial charge on any atom is -0.376 e. The molecule has 2 aliphatic rings. The highest BCUT2D eigenvalue weighted by Gasteiger charge is 2.24. The average molecular weight is 277 g/mol. The van der Waals surface area contributed by atoms with E-state index in [2.05, 4.69) is 4.90 Å². The van der Waals surface area contributed by atoms with Gasteiger partial charge in [0.25, 0.3) is 5.56 Å². The Kier molecular flexibility index (Phi) is 3.78. The van der Waals surface area contributed by atoms with Gasteiger partial charge in [-0.1, -0.05) is 0 Å². The van der Waals surface area contributed by atoms with E-state index >= 15 is 0 Å². The lowest BCUT2D eigenvalue weighted by atomic mass is 10.2. The fourth-order valence-corrected chi connectivity index (χ4v) is 3.06. The van der Waals surface area contributed by atoms with Crippen LogP contribution in [-0.2, 0) is 11.3 Å². The van der Waals surface area contributed by atoms with Crippen molar-refractivity contribution in [2.45, 2.75) is 52.2 Å². The van der Waals surface area contributed by atoms with E-state index in [9.17, 15) is 4.79 Å². The van der Waals surface area contributed by atoms with Crippen LogP contribution in [0, 0.1) is 13.8 Å². The van der Waals surface area contributed by atoms with Crippen LogP contribution in [0.5, 0.6) is 0 Å². The molecule has 5 heteroatoms. The van der Waals surface area contributed by atoms with Crippen molar-refractivity contribution in [2.75, 3.05) is 24.6 Å². The van der Waals surface area contributed by atoms with Gasteiger partial charge < -0.3 is 9.64 Å². The fraction of sp³-hybridized carbons (Fsp3) is 0.733. The molecule has 1 aromatic rings. The molecule has 0 amide bonds.